The first kappa shape index (κ1) is 17.0. The molecule has 0 aliphatic heterocycles. The lowest BCUT2D eigenvalue weighted by molar-refractivity contribution is 0.112. The van der Waals surface area contributed by atoms with E-state index in [2.05, 4.69) is 9.97 Å². The van der Waals surface area contributed by atoms with Gasteiger partial charge in [-0.25, -0.2) is 4.98 Å². The van der Waals surface area contributed by atoms with Gasteiger partial charge >= 0.3 is 0 Å². The zero-order chi connectivity index (χ0) is 13.2. The number of aldehydes is 1. The third-order valence-electron chi connectivity index (χ3n) is 3.04. The summed E-state index contributed by atoms with van der Waals surface area (Å²) in [6, 6.07) is 13.1. The smallest absolute Gasteiger partial charge is 0.152 e. The molecule has 0 bridgehead atoms. The molecule has 0 aliphatic carbocycles. The van der Waals surface area contributed by atoms with Crippen LogP contribution >= 0.6 is 24.8 Å². The van der Waals surface area contributed by atoms with E-state index in [1.165, 1.54) is 0 Å². The molecule has 21 heavy (non-hydrogen) atoms. The van der Waals surface area contributed by atoms with Crippen molar-refractivity contribution in [3.05, 3.63) is 48.0 Å². The van der Waals surface area contributed by atoms with Crippen LogP contribution in [0.3, 0.4) is 0 Å². The van der Waals surface area contributed by atoms with Crippen LogP contribution in [-0.2, 0) is 0 Å². The van der Waals surface area contributed by atoms with E-state index in [-0.39, 0.29) is 24.8 Å². The molecule has 1 N–H and O–H groups in total. The average molecular weight is 325 g/mol. The second kappa shape index (κ2) is 7.11. The van der Waals surface area contributed by atoms with E-state index in [9.17, 15) is 4.79 Å². The highest BCUT2D eigenvalue weighted by Gasteiger charge is 2.08. The summed E-state index contributed by atoms with van der Waals surface area (Å²) >= 11 is 0. The van der Waals surface area contributed by atoms with E-state index in [1.807, 2.05) is 36.4 Å². The molecule has 3 aromatic rings. The largest absolute Gasteiger partial charge is 0.497 e. The molecule has 1 aromatic heterocycles. The highest BCUT2D eigenvalue weighted by atomic mass is 35.5. The van der Waals surface area contributed by atoms with Gasteiger partial charge in [0.1, 0.15) is 11.6 Å². The van der Waals surface area contributed by atoms with Crippen molar-refractivity contribution in [1.82, 2.24) is 9.97 Å². The first-order chi connectivity index (χ1) is 9.31. The van der Waals surface area contributed by atoms with Crippen LogP contribution in [-0.4, -0.2) is 23.4 Å². The van der Waals surface area contributed by atoms with Gasteiger partial charge in [-0.2, -0.15) is 0 Å². The zero-order valence-corrected chi connectivity index (χ0v) is 12.8. The molecule has 0 fully saturated rings. The minimum atomic E-state index is 0. The minimum Gasteiger partial charge on any atom is -0.497 e. The van der Waals surface area contributed by atoms with Gasteiger partial charge in [0.15, 0.2) is 6.29 Å². The number of hydrogen-bond acceptors (Lipinski definition) is 3. The lowest BCUT2D eigenvalue weighted by Crippen LogP contribution is -1.84. The van der Waals surface area contributed by atoms with E-state index in [4.69, 9.17) is 4.74 Å². The number of ether oxygens (including phenoxy) is 1. The fraction of sp³-hybridized carbons (Fsp3) is 0.0667. The van der Waals surface area contributed by atoms with Gasteiger partial charge in [0.25, 0.3) is 0 Å². The standard InChI is InChI=1S/C15H12N2O2.2ClH/c1-19-12-7-5-10(6-8-12)15-16-13-4-2-3-11(9-18)14(13)17-15;;/h2-9H,1H3,(H,16,17);2*1H. The molecular formula is C15H14Cl2N2O2. The van der Waals surface area contributed by atoms with Gasteiger partial charge in [0.2, 0.25) is 0 Å². The maximum Gasteiger partial charge on any atom is 0.152 e. The average Bonchev–Trinajstić information content (AvgIpc) is 2.91. The van der Waals surface area contributed by atoms with Crippen LogP contribution in [0, 0.1) is 0 Å². The molecular weight excluding hydrogens is 311 g/mol. The number of H-pyrrole nitrogens is 1. The Morgan fingerprint density at radius 1 is 1.10 bits per heavy atom. The van der Waals surface area contributed by atoms with E-state index >= 15 is 0 Å². The Labute approximate surface area is 134 Å². The van der Waals surface area contributed by atoms with E-state index in [0.29, 0.717) is 5.56 Å². The third kappa shape index (κ3) is 3.17. The number of hydrogen-bond donors (Lipinski definition) is 1. The van der Waals surface area contributed by atoms with Crippen LogP contribution in [0.1, 0.15) is 10.4 Å². The van der Waals surface area contributed by atoms with Gasteiger partial charge < -0.3 is 9.72 Å². The molecule has 4 nitrogen and oxygen atoms in total. The predicted molar refractivity (Wildman–Crippen MR) is 88.0 cm³/mol. The summed E-state index contributed by atoms with van der Waals surface area (Å²) in [4.78, 5) is 18.7. The number of para-hydroxylation sites is 1. The molecule has 6 heteroatoms. The molecule has 0 atom stereocenters. The lowest BCUT2D eigenvalue weighted by Gasteiger charge is -2.00. The number of carbonyl (C=O) groups excluding carboxylic acids is 1. The van der Waals surface area contributed by atoms with Gasteiger partial charge in [-0.3, -0.25) is 4.79 Å². The second-order valence-corrected chi connectivity index (χ2v) is 4.17. The Balaban J connectivity index is 0.00000110. The fourth-order valence-corrected chi connectivity index (χ4v) is 2.04. The summed E-state index contributed by atoms with van der Waals surface area (Å²) in [6.07, 6.45) is 0.832. The lowest BCUT2D eigenvalue weighted by atomic mass is 10.2. The van der Waals surface area contributed by atoms with E-state index in [1.54, 1.807) is 13.2 Å². The van der Waals surface area contributed by atoms with Gasteiger partial charge in [-0.15, -0.1) is 24.8 Å². The molecule has 0 spiro atoms. The number of nitrogens with one attached hydrogen (secondary N) is 1. The van der Waals surface area contributed by atoms with Gasteiger partial charge in [0.05, 0.1) is 18.1 Å². The molecule has 0 saturated heterocycles. The van der Waals surface area contributed by atoms with Crippen LogP contribution in [0.25, 0.3) is 22.4 Å². The van der Waals surface area contributed by atoms with E-state index in [0.717, 1.165) is 34.5 Å². The van der Waals surface area contributed by atoms with Crippen LogP contribution in [0.15, 0.2) is 42.5 Å². The SMILES string of the molecule is COc1ccc(-c2nc3cccc(C=O)c3[nH]2)cc1.Cl.Cl. The predicted octanol–water partition coefficient (Wildman–Crippen LogP) is 3.89. The van der Waals surface area contributed by atoms with Crippen molar-refractivity contribution in [2.24, 2.45) is 0 Å². The summed E-state index contributed by atoms with van der Waals surface area (Å²) in [5.41, 5.74) is 3.12. The molecule has 110 valence electrons. The fourth-order valence-electron chi connectivity index (χ4n) is 2.04. The number of rotatable bonds is 3. The molecule has 1 heterocycles. The highest BCUT2D eigenvalue weighted by Crippen LogP contribution is 2.23. The van der Waals surface area contributed by atoms with Crippen molar-refractivity contribution in [3.8, 4) is 17.1 Å². The normalized spacial score (nSPS) is 9.57. The topological polar surface area (TPSA) is 55.0 Å². The molecule has 3 rings (SSSR count). The van der Waals surface area contributed by atoms with Crippen molar-refractivity contribution in [1.29, 1.82) is 0 Å². The monoisotopic (exact) mass is 324 g/mol. The van der Waals surface area contributed by atoms with Crippen molar-refractivity contribution in [2.75, 3.05) is 7.11 Å². The second-order valence-electron chi connectivity index (χ2n) is 4.17. The zero-order valence-electron chi connectivity index (χ0n) is 11.2. The first-order valence-electron chi connectivity index (χ1n) is 5.90. The number of methoxy groups -OCH3 is 1. The van der Waals surface area contributed by atoms with Crippen molar-refractivity contribution in [2.45, 2.75) is 0 Å². The number of aromatic nitrogens is 2. The molecule has 0 radical (unpaired) electrons. The Kier molecular flexibility index (Phi) is 5.76. The van der Waals surface area contributed by atoms with Crippen molar-refractivity contribution >= 4 is 42.1 Å². The first-order valence-corrected chi connectivity index (χ1v) is 5.90. The summed E-state index contributed by atoms with van der Waals surface area (Å²) < 4.78 is 5.12. The summed E-state index contributed by atoms with van der Waals surface area (Å²) in [6.45, 7) is 0. The summed E-state index contributed by atoms with van der Waals surface area (Å²) in [5, 5.41) is 0. The number of benzene rings is 2. The Hall–Kier alpha value is -2.04. The Morgan fingerprint density at radius 3 is 2.43 bits per heavy atom. The van der Waals surface area contributed by atoms with Crippen LogP contribution in [0.5, 0.6) is 5.75 Å². The molecule has 2 aromatic carbocycles. The Morgan fingerprint density at radius 2 is 1.81 bits per heavy atom. The Bertz CT molecular complexity index is 739. The molecule has 0 amide bonds. The van der Waals surface area contributed by atoms with E-state index < -0.39 is 0 Å². The van der Waals surface area contributed by atoms with Gasteiger partial charge in [0, 0.05) is 11.1 Å². The number of aromatic amines is 1. The maximum atomic E-state index is 11.0. The molecule has 0 unspecified atom stereocenters. The van der Waals surface area contributed by atoms with Crippen LogP contribution < -0.4 is 4.74 Å². The van der Waals surface area contributed by atoms with Gasteiger partial charge in [-0.1, -0.05) is 6.07 Å². The molecule has 0 saturated carbocycles. The minimum absolute atomic E-state index is 0. The quantitative estimate of drug-likeness (QED) is 0.743. The number of carbonyl (C=O) groups is 1. The number of halogens is 2. The van der Waals surface area contributed by atoms with Crippen LogP contribution in [0.4, 0.5) is 0 Å². The number of imidazole rings is 1. The number of nitrogens with zero attached hydrogens (tertiary/aromatic N) is 1. The van der Waals surface area contributed by atoms with Crippen LogP contribution in [0.2, 0.25) is 0 Å². The third-order valence-corrected chi connectivity index (χ3v) is 3.04. The van der Waals surface area contributed by atoms with Gasteiger partial charge in [-0.05, 0) is 36.4 Å². The summed E-state index contributed by atoms with van der Waals surface area (Å²) in [5.74, 6) is 1.54. The maximum absolute atomic E-state index is 11.0. The molecule has 0 aliphatic rings. The number of fused-ring (bicyclic) bond motifs is 1. The van der Waals surface area contributed by atoms with Crippen molar-refractivity contribution < 1.29 is 9.53 Å². The highest BCUT2D eigenvalue weighted by molar-refractivity contribution is 5.95. The summed E-state index contributed by atoms with van der Waals surface area (Å²) in [7, 11) is 1.63. The van der Waals surface area contributed by atoms with Crippen molar-refractivity contribution in [3.63, 3.8) is 0 Å².